The molecule has 0 aromatic heterocycles. The number of benzene rings is 1. The van der Waals surface area contributed by atoms with Gasteiger partial charge in [0.25, 0.3) is 0 Å². The molecular weight excluding hydrogens is 200 g/mol. The maximum Gasteiger partial charge on any atom is 0.330 e. The van der Waals surface area contributed by atoms with E-state index in [0.717, 1.165) is 11.1 Å². The van der Waals surface area contributed by atoms with E-state index >= 15 is 0 Å². The van der Waals surface area contributed by atoms with Gasteiger partial charge in [-0.25, -0.2) is 4.79 Å². The molecule has 84 valence electrons. The molecule has 0 radical (unpaired) electrons. The molecule has 0 unspecified atom stereocenters. The predicted molar refractivity (Wildman–Crippen MR) is 66.0 cm³/mol. The van der Waals surface area contributed by atoms with Gasteiger partial charge >= 0.3 is 5.97 Å². The molecule has 0 saturated carbocycles. The smallest absolute Gasteiger partial charge is 0.330 e. The number of aryl methyl sites for hydroxylation is 1. The third kappa shape index (κ3) is 3.73. The number of methoxy groups -OCH3 is 1. The van der Waals surface area contributed by atoms with Crippen molar-refractivity contribution in [2.24, 2.45) is 0 Å². The van der Waals surface area contributed by atoms with Crippen LogP contribution in [0.5, 0.6) is 0 Å². The fourth-order valence-electron chi connectivity index (χ4n) is 1.25. The van der Waals surface area contributed by atoms with E-state index in [0.29, 0.717) is 0 Å². The minimum Gasteiger partial charge on any atom is -0.466 e. The van der Waals surface area contributed by atoms with Gasteiger partial charge in [0.1, 0.15) is 0 Å². The Bertz CT molecular complexity index is 411. The van der Waals surface area contributed by atoms with E-state index in [1.165, 1.54) is 18.7 Å². The van der Waals surface area contributed by atoms with Crippen molar-refractivity contribution in [3.63, 3.8) is 0 Å². The fraction of sp³-hybridized carbons (Fsp3) is 0.214. The molecule has 0 atom stereocenters. The van der Waals surface area contributed by atoms with Crippen LogP contribution in [0.25, 0.3) is 5.57 Å². The Kier molecular flexibility index (Phi) is 4.52. The Morgan fingerprint density at radius 3 is 2.44 bits per heavy atom. The number of ether oxygens (including phenoxy) is 1. The van der Waals surface area contributed by atoms with E-state index in [2.05, 4.69) is 35.9 Å². The van der Waals surface area contributed by atoms with Gasteiger partial charge < -0.3 is 4.74 Å². The molecule has 16 heavy (non-hydrogen) atoms. The maximum atomic E-state index is 10.8. The summed E-state index contributed by atoms with van der Waals surface area (Å²) in [4.78, 5) is 10.8. The number of esters is 1. The molecule has 0 aliphatic carbocycles. The van der Waals surface area contributed by atoms with Crippen molar-refractivity contribution >= 4 is 11.5 Å². The molecule has 0 amide bonds. The summed E-state index contributed by atoms with van der Waals surface area (Å²) in [5.74, 6) is -0.340. The van der Waals surface area contributed by atoms with Crippen LogP contribution in [0, 0.1) is 6.92 Å². The summed E-state index contributed by atoms with van der Waals surface area (Å²) in [5, 5.41) is 0. The highest BCUT2D eigenvalue weighted by Gasteiger charge is 1.93. The molecule has 0 heterocycles. The van der Waals surface area contributed by atoms with Crippen LogP contribution < -0.4 is 0 Å². The second kappa shape index (κ2) is 5.91. The zero-order valence-corrected chi connectivity index (χ0v) is 9.86. The number of rotatable bonds is 3. The van der Waals surface area contributed by atoms with E-state index in [4.69, 9.17) is 0 Å². The SMILES string of the molecule is COC(=O)/C=C/C=C(/C)c1ccc(C)cc1. The lowest BCUT2D eigenvalue weighted by molar-refractivity contribution is -0.134. The zero-order chi connectivity index (χ0) is 12.0. The van der Waals surface area contributed by atoms with E-state index in [1.807, 2.05) is 13.0 Å². The number of carbonyl (C=O) groups excluding carboxylic acids is 1. The molecule has 0 aliphatic heterocycles. The Labute approximate surface area is 96.2 Å². The van der Waals surface area contributed by atoms with Crippen molar-refractivity contribution in [1.82, 2.24) is 0 Å². The van der Waals surface area contributed by atoms with Crippen LogP contribution in [0.4, 0.5) is 0 Å². The molecule has 1 rings (SSSR count). The van der Waals surface area contributed by atoms with E-state index in [1.54, 1.807) is 6.08 Å². The molecule has 0 aliphatic rings. The second-order valence-corrected chi connectivity index (χ2v) is 3.60. The monoisotopic (exact) mass is 216 g/mol. The summed E-state index contributed by atoms with van der Waals surface area (Å²) in [6, 6.07) is 8.26. The van der Waals surface area contributed by atoms with Crippen LogP contribution in [0.2, 0.25) is 0 Å². The summed E-state index contributed by atoms with van der Waals surface area (Å²) < 4.78 is 4.50. The number of hydrogen-bond donors (Lipinski definition) is 0. The normalized spacial score (nSPS) is 11.8. The zero-order valence-electron chi connectivity index (χ0n) is 9.86. The molecule has 1 aromatic carbocycles. The van der Waals surface area contributed by atoms with Gasteiger partial charge in [-0.1, -0.05) is 42.0 Å². The minimum absolute atomic E-state index is 0.340. The van der Waals surface area contributed by atoms with Crippen molar-refractivity contribution in [2.45, 2.75) is 13.8 Å². The van der Waals surface area contributed by atoms with Crippen molar-refractivity contribution in [3.05, 3.63) is 53.6 Å². The molecule has 0 saturated heterocycles. The summed E-state index contributed by atoms with van der Waals surface area (Å²) in [6.07, 6.45) is 4.99. The van der Waals surface area contributed by atoms with Gasteiger partial charge in [-0.3, -0.25) is 0 Å². The fourth-order valence-corrected chi connectivity index (χ4v) is 1.25. The number of hydrogen-bond acceptors (Lipinski definition) is 2. The summed E-state index contributed by atoms with van der Waals surface area (Å²) in [6.45, 7) is 4.06. The van der Waals surface area contributed by atoms with E-state index < -0.39 is 0 Å². The molecule has 0 fully saturated rings. The first-order valence-corrected chi connectivity index (χ1v) is 5.13. The van der Waals surface area contributed by atoms with E-state index in [9.17, 15) is 4.79 Å². The van der Waals surface area contributed by atoms with Gasteiger partial charge in [-0.15, -0.1) is 0 Å². The van der Waals surface area contributed by atoms with Crippen LogP contribution in [0.15, 0.2) is 42.5 Å². The first kappa shape index (κ1) is 12.2. The molecular formula is C14H16O2. The van der Waals surface area contributed by atoms with Crippen LogP contribution >= 0.6 is 0 Å². The molecule has 0 spiro atoms. The highest BCUT2D eigenvalue weighted by molar-refractivity contribution is 5.82. The predicted octanol–water partition coefficient (Wildman–Crippen LogP) is 3.13. The molecule has 0 N–H and O–H groups in total. The van der Waals surface area contributed by atoms with Crippen LogP contribution in [-0.2, 0) is 9.53 Å². The van der Waals surface area contributed by atoms with Gasteiger partial charge in [0.05, 0.1) is 7.11 Å². The standard InChI is InChI=1S/C14H16O2/c1-11-7-9-13(10-8-11)12(2)5-4-6-14(15)16-3/h4-10H,1-3H3/b6-4+,12-5-. The van der Waals surface area contributed by atoms with Gasteiger partial charge in [0.15, 0.2) is 0 Å². The Balaban J connectivity index is 2.74. The van der Waals surface area contributed by atoms with Crippen molar-refractivity contribution in [1.29, 1.82) is 0 Å². The Morgan fingerprint density at radius 2 is 1.88 bits per heavy atom. The second-order valence-electron chi connectivity index (χ2n) is 3.60. The number of allylic oxidation sites excluding steroid dienone is 3. The van der Waals surface area contributed by atoms with Crippen molar-refractivity contribution < 1.29 is 9.53 Å². The number of carbonyl (C=O) groups is 1. The Morgan fingerprint density at radius 1 is 1.25 bits per heavy atom. The Hall–Kier alpha value is -1.83. The highest BCUT2D eigenvalue weighted by atomic mass is 16.5. The van der Waals surface area contributed by atoms with Gasteiger partial charge in [0, 0.05) is 6.08 Å². The molecule has 2 nitrogen and oxygen atoms in total. The largest absolute Gasteiger partial charge is 0.466 e. The summed E-state index contributed by atoms with van der Waals surface area (Å²) >= 11 is 0. The average Bonchev–Trinajstić information content (AvgIpc) is 2.29. The topological polar surface area (TPSA) is 26.3 Å². The quantitative estimate of drug-likeness (QED) is 0.441. The molecule has 2 heteroatoms. The third-order valence-electron chi connectivity index (χ3n) is 2.29. The first-order valence-electron chi connectivity index (χ1n) is 5.13. The van der Waals surface area contributed by atoms with Crippen LogP contribution in [0.1, 0.15) is 18.1 Å². The lowest BCUT2D eigenvalue weighted by Gasteiger charge is -2.00. The van der Waals surface area contributed by atoms with Crippen LogP contribution in [0.3, 0.4) is 0 Å². The van der Waals surface area contributed by atoms with E-state index in [-0.39, 0.29) is 5.97 Å². The lowest BCUT2D eigenvalue weighted by atomic mass is 10.1. The third-order valence-corrected chi connectivity index (χ3v) is 2.29. The van der Waals surface area contributed by atoms with Gasteiger partial charge in [-0.2, -0.15) is 0 Å². The van der Waals surface area contributed by atoms with Crippen LogP contribution in [-0.4, -0.2) is 13.1 Å². The highest BCUT2D eigenvalue weighted by Crippen LogP contribution is 2.14. The summed E-state index contributed by atoms with van der Waals surface area (Å²) in [5.41, 5.74) is 3.50. The molecule has 1 aromatic rings. The van der Waals surface area contributed by atoms with Crippen molar-refractivity contribution in [2.75, 3.05) is 7.11 Å². The first-order chi connectivity index (χ1) is 7.63. The average molecular weight is 216 g/mol. The molecule has 0 bridgehead atoms. The van der Waals surface area contributed by atoms with Gasteiger partial charge in [0.2, 0.25) is 0 Å². The lowest BCUT2D eigenvalue weighted by Crippen LogP contribution is -1.92. The van der Waals surface area contributed by atoms with Crippen molar-refractivity contribution in [3.8, 4) is 0 Å². The maximum absolute atomic E-state index is 10.8. The van der Waals surface area contributed by atoms with Gasteiger partial charge in [-0.05, 0) is 25.0 Å². The minimum atomic E-state index is -0.340. The summed E-state index contributed by atoms with van der Waals surface area (Å²) in [7, 11) is 1.36.